The first-order chi connectivity index (χ1) is 15.4. The summed E-state index contributed by atoms with van der Waals surface area (Å²) in [4.78, 5) is 30.2. The van der Waals surface area contributed by atoms with Crippen molar-refractivity contribution >= 4 is 11.8 Å². The zero-order chi connectivity index (χ0) is 22.6. The molecule has 0 aromatic heterocycles. The highest BCUT2D eigenvalue weighted by Gasteiger charge is 2.59. The van der Waals surface area contributed by atoms with Crippen LogP contribution in [0.1, 0.15) is 37.4 Å². The lowest BCUT2D eigenvalue weighted by molar-refractivity contribution is 0.0374. The van der Waals surface area contributed by atoms with Gasteiger partial charge in [-0.05, 0) is 42.8 Å². The van der Waals surface area contributed by atoms with Crippen molar-refractivity contribution in [3.63, 3.8) is 0 Å². The number of benzene rings is 3. The van der Waals surface area contributed by atoms with Gasteiger partial charge in [0.25, 0.3) is 11.8 Å². The van der Waals surface area contributed by atoms with Crippen LogP contribution in [0, 0.1) is 18.6 Å². The van der Waals surface area contributed by atoms with Crippen molar-refractivity contribution in [1.29, 1.82) is 0 Å². The van der Waals surface area contributed by atoms with Gasteiger partial charge in [-0.25, -0.2) is 8.78 Å². The number of halogens is 2. The van der Waals surface area contributed by atoms with Gasteiger partial charge in [0.15, 0.2) is 17.3 Å². The maximum Gasteiger partial charge on any atom is 0.256 e. The Kier molecular flexibility index (Phi) is 4.51. The zero-order valence-corrected chi connectivity index (χ0v) is 17.6. The molecule has 32 heavy (non-hydrogen) atoms. The number of hydrogen-bond donors (Lipinski definition) is 0. The minimum absolute atomic E-state index is 0.0148. The van der Waals surface area contributed by atoms with Crippen LogP contribution in [-0.4, -0.2) is 41.8 Å². The number of rotatable bonds is 3. The molecule has 0 saturated carbocycles. The summed E-state index contributed by atoms with van der Waals surface area (Å²) in [6, 6.07) is 15.8. The molecule has 0 aliphatic carbocycles. The standard InChI is InChI=1S/C25H20F2N2O3/c1-15-7-9-17(14-22(15)32-2)25-19-6-4-3-5-18(19)24(31)29(25)12-11-28(25)23(30)16-8-10-20(26)21(27)13-16/h3-10,13-14H,11-12H2,1-2H3. The highest BCUT2D eigenvalue weighted by atomic mass is 19.2. The van der Waals surface area contributed by atoms with Crippen LogP contribution in [0.5, 0.6) is 5.75 Å². The van der Waals surface area contributed by atoms with E-state index in [4.69, 9.17) is 4.74 Å². The van der Waals surface area contributed by atoms with Crippen molar-refractivity contribution in [2.24, 2.45) is 0 Å². The van der Waals surface area contributed by atoms with Crippen LogP contribution in [-0.2, 0) is 5.66 Å². The average molecular weight is 434 g/mol. The number of ether oxygens (including phenoxy) is 1. The summed E-state index contributed by atoms with van der Waals surface area (Å²) in [5.41, 5.74) is 1.58. The van der Waals surface area contributed by atoms with Gasteiger partial charge in [-0.2, -0.15) is 0 Å². The second-order valence-electron chi connectivity index (χ2n) is 7.94. The van der Waals surface area contributed by atoms with Crippen LogP contribution in [0.15, 0.2) is 60.7 Å². The molecule has 1 saturated heterocycles. The van der Waals surface area contributed by atoms with Gasteiger partial charge in [-0.3, -0.25) is 9.59 Å². The molecule has 0 spiro atoms. The van der Waals surface area contributed by atoms with Crippen LogP contribution in [0.3, 0.4) is 0 Å². The second-order valence-corrected chi connectivity index (χ2v) is 7.94. The first-order valence-electron chi connectivity index (χ1n) is 10.2. The van der Waals surface area contributed by atoms with Crippen LogP contribution in [0.2, 0.25) is 0 Å². The minimum atomic E-state index is -1.21. The molecule has 0 N–H and O–H groups in total. The number of nitrogens with zero attached hydrogens (tertiary/aromatic N) is 2. The first kappa shape index (κ1) is 20.2. The maximum atomic E-state index is 13.9. The lowest BCUT2D eigenvalue weighted by Gasteiger charge is -2.40. The highest BCUT2D eigenvalue weighted by molar-refractivity contribution is 6.03. The molecule has 3 aromatic rings. The molecular formula is C25H20F2N2O3. The van der Waals surface area contributed by atoms with Gasteiger partial charge in [-0.15, -0.1) is 0 Å². The zero-order valence-electron chi connectivity index (χ0n) is 17.6. The monoisotopic (exact) mass is 434 g/mol. The average Bonchev–Trinajstić information content (AvgIpc) is 3.31. The normalized spacial score (nSPS) is 19.2. The molecule has 1 atom stereocenters. The number of hydrogen-bond acceptors (Lipinski definition) is 3. The third-order valence-corrected chi connectivity index (χ3v) is 6.33. The molecule has 7 heteroatoms. The van der Waals surface area contributed by atoms with E-state index in [9.17, 15) is 18.4 Å². The van der Waals surface area contributed by atoms with E-state index in [0.717, 1.165) is 17.7 Å². The third-order valence-electron chi connectivity index (χ3n) is 6.33. The molecule has 0 radical (unpaired) electrons. The van der Waals surface area contributed by atoms with E-state index in [-0.39, 0.29) is 18.0 Å². The first-order valence-corrected chi connectivity index (χ1v) is 10.2. The third kappa shape index (κ3) is 2.60. The van der Waals surface area contributed by atoms with Gasteiger partial charge in [-0.1, -0.05) is 30.3 Å². The van der Waals surface area contributed by atoms with Gasteiger partial charge in [0, 0.05) is 35.3 Å². The summed E-state index contributed by atoms with van der Waals surface area (Å²) in [5.74, 6) is -2.17. The molecule has 3 aromatic carbocycles. The fourth-order valence-electron chi connectivity index (χ4n) is 4.87. The Hall–Kier alpha value is -3.74. The minimum Gasteiger partial charge on any atom is -0.496 e. The summed E-state index contributed by atoms with van der Waals surface area (Å²) < 4.78 is 32.9. The largest absolute Gasteiger partial charge is 0.496 e. The van der Waals surface area contributed by atoms with Gasteiger partial charge < -0.3 is 14.5 Å². The van der Waals surface area contributed by atoms with Crippen LogP contribution in [0.4, 0.5) is 8.78 Å². The number of fused-ring (bicyclic) bond motifs is 3. The van der Waals surface area contributed by atoms with Gasteiger partial charge in [0.2, 0.25) is 0 Å². The summed E-state index contributed by atoms with van der Waals surface area (Å²) in [6.07, 6.45) is 0. The van der Waals surface area contributed by atoms with Crippen molar-refractivity contribution in [3.05, 3.63) is 100 Å². The van der Waals surface area contributed by atoms with Crippen LogP contribution < -0.4 is 4.74 Å². The molecule has 2 amide bonds. The number of carbonyl (C=O) groups is 2. The van der Waals surface area contributed by atoms with Crippen LogP contribution in [0.25, 0.3) is 0 Å². The molecule has 2 heterocycles. The maximum absolute atomic E-state index is 13.9. The summed E-state index contributed by atoms with van der Waals surface area (Å²) in [7, 11) is 1.56. The van der Waals surface area contributed by atoms with Crippen molar-refractivity contribution < 1.29 is 23.1 Å². The van der Waals surface area contributed by atoms with E-state index < -0.39 is 23.2 Å². The Balaban J connectivity index is 1.76. The van der Waals surface area contributed by atoms with Gasteiger partial charge >= 0.3 is 0 Å². The molecule has 1 fully saturated rings. The van der Waals surface area contributed by atoms with E-state index in [1.807, 2.05) is 37.3 Å². The lowest BCUT2D eigenvalue weighted by atomic mass is 9.88. The predicted octanol–water partition coefficient (Wildman–Crippen LogP) is 4.09. The predicted molar refractivity (Wildman–Crippen MR) is 113 cm³/mol. The molecule has 5 nitrogen and oxygen atoms in total. The van der Waals surface area contributed by atoms with Crippen molar-refractivity contribution in [2.75, 3.05) is 20.2 Å². The molecule has 1 unspecified atom stereocenters. The molecule has 2 aliphatic rings. The van der Waals surface area contributed by atoms with Crippen molar-refractivity contribution in [3.8, 4) is 5.75 Å². The van der Waals surface area contributed by atoms with Gasteiger partial charge in [0.1, 0.15) is 5.75 Å². The SMILES string of the molecule is COc1cc(C23c4ccccc4C(=O)N2CCN3C(=O)c2ccc(F)c(F)c2)ccc1C. The second kappa shape index (κ2) is 7.15. The number of carbonyl (C=O) groups excluding carboxylic acids is 2. The van der Waals surface area contributed by atoms with Crippen LogP contribution >= 0.6 is 0 Å². The Morgan fingerprint density at radius 1 is 1.00 bits per heavy atom. The fraction of sp³-hybridized carbons (Fsp3) is 0.200. The highest BCUT2D eigenvalue weighted by Crippen LogP contribution is 2.50. The molecule has 2 aliphatic heterocycles. The number of methoxy groups -OCH3 is 1. The topological polar surface area (TPSA) is 49.9 Å². The molecule has 162 valence electrons. The summed E-state index contributed by atoms with van der Waals surface area (Å²) in [5, 5.41) is 0. The van der Waals surface area contributed by atoms with E-state index in [1.54, 1.807) is 29.0 Å². The lowest BCUT2D eigenvalue weighted by Crippen LogP contribution is -2.51. The van der Waals surface area contributed by atoms with E-state index >= 15 is 0 Å². The Morgan fingerprint density at radius 3 is 2.53 bits per heavy atom. The summed E-state index contributed by atoms with van der Waals surface area (Å²) >= 11 is 0. The molecule has 0 bridgehead atoms. The quantitative estimate of drug-likeness (QED) is 0.624. The summed E-state index contributed by atoms with van der Waals surface area (Å²) in [6.45, 7) is 2.46. The Bertz CT molecular complexity index is 1280. The van der Waals surface area contributed by atoms with E-state index in [2.05, 4.69) is 0 Å². The van der Waals surface area contributed by atoms with E-state index in [1.165, 1.54) is 6.07 Å². The van der Waals surface area contributed by atoms with E-state index in [0.29, 0.717) is 29.0 Å². The smallest absolute Gasteiger partial charge is 0.256 e. The molecule has 5 rings (SSSR count). The number of amides is 2. The van der Waals surface area contributed by atoms with Crippen molar-refractivity contribution in [1.82, 2.24) is 9.80 Å². The number of aryl methyl sites for hydroxylation is 1. The Labute approximate surface area is 183 Å². The van der Waals surface area contributed by atoms with Crippen molar-refractivity contribution in [2.45, 2.75) is 12.6 Å². The molecular weight excluding hydrogens is 414 g/mol. The Morgan fingerprint density at radius 2 is 1.78 bits per heavy atom. The van der Waals surface area contributed by atoms with Gasteiger partial charge in [0.05, 0.1) is 7.11 Å². The fourth-order valence-corrected chi connectivity index (χ4v) is 4.87.